The van der Waals surface area contributed by atoms with Gasteiger partial charge in [0.1, 0.15) is 13.2 Å². The predicted octanol–water partition coefficient (Wildman–Crippen LogP) is 1.01. The number of nitrogens with one attached hydrogen (secondary N) is 2. The quantitative estimate of drug-likeness (QED) is 0.0771. The van der Waals surface area contributed by atoms with Gasteiger partial charge in [-0.15, -0.1) is 0 Å². The Morgan fingerprint density at radius 3 is 2.44 bits per heavy atom. The number of nitrogens with zero attached hydrogens (tertiary/aromatic N) is 3. The van der Waals surface area contributed by atoms with Crippen LogP contribution in [0.4, 0.5) is 32.2 Å². The molecule has 0 unspecified atom stereocenters. The van der Waals surface area contributed by atoms with E-state index < -0.39 is 53.6 Å². The second-order valence-electron chi connectivity index (χ2n) is 7.70. The summed E-state index contributed by atoms with van der Waals surface area (Å²) >= 11 is 0. The molecular formula is C21H23F6N7O5. The molecule has 2 aromatic rings. The Morgan fingerprint density at radius 1 is 1.13 bits per heavy atom. The second-order valence-corrected chi connectivity index (χ2v) is 7.70. The highest BCUT2D eigenvalue weighted by Crippen LogP contribution is 2.29. The number of carbonyl (C=O) groups excluding carboxylic acids is 2. The van der Waals surface area contributed by atoms with Gasteiger partial charge < -0.3 is 31.7 Å². The average Bonchev–Trinajstić information content (AvgIpc) is 2.83. The molecule has 1 aromatic carbocycles. The van der Waals surface area contributed by atoms with Crippen LogP contribution in [0, 0.1) is 6.92 Å². The molecule has 1 heterocycles. The highest BCUT2D eigenvalue weighted by Gasteiger charge is 2.42. The Morgan fingerprint density at radius 2 is 1.82 bits per heavy atom. The van der Waals surface area contributed by atoms with Crippen molar-refractivity contribution in [2.45, 2.75) is 32.2 Å². The summed E-state index contributed by atoms with van der Waals surface area (Å²) in [6.45, 7) is -0.103. The van der Waals surface area contributed by atoms with E-state index in [0.29, 0.717) is 4.57 Å². The van der Waals surface area contributed by atoms with Gasteiger partial charge in [-0.05, 0) is 30.1 Å². The molecule has 1 amide bonds. The van der Waals surface area contributed by atoms with E-state index in [4.69, 9.17) is 11.5 Å². The van der Waals surface area contributed by atoms with E-state index in [1.165, 1.54) is 12.1 Å². The summed E-state index contributed by atoms with van der Waals surface area (Å²) in [6, 6.07) is 4.34. The zero-order valence-corrected chi connectivity index (χ0v) is 20.2. The lowest BCUT2D eigenvalue weighted by atomic mass is 10.1. The van der Waals surface area contributed by atoms with Crippen molar-refractivity contribution in [2.24, 2.45) is 16.6 Å². The Labute approximate surface area is 215 Å². The summed E-state index contributed by atoms with van der Waals surface area (Å²) in [5.41, 5.74) is 8.11. The molecule has 0 saturated heterocycles. The molecule has 0 aliphatic rings. The van der Waals surface area contributed by atoms with Crippen LogP contribution in [0.3, 0.4) is 0 Å². The number of oxime groups is 1. The van der Waals surface area contributed by atoms with Crippen LogP contribution in [0.25, 0.3) is 0 Å². The van der Waals surface area contributed by atoms with Crippen molar-refractivity contribution in [3.63, 3.8) is 0 Å². The average molecular weight is 567 g/mol. The topological polar surface area (TPSA) is 176 Å². The molecule has 0 fully saturated rings. The number of ether oxygens (including phenoxy) is 1. The van der Waals surface area contributed by atoms with E-state index in [1.54, 1.807) is 0 Å². The fraction of sp³-hybridized carbons (Fsp3) is 0.381. The zero-order valence-electron chi connectivity index (χ0n) is 20.2. The molecule has 2 rings (SSSR count). The SMILES string of the molecule is Cc1c(OC(=O)C(F)(F)F)nc(NCCc2cccc(C(F)(F)F)c2)c(=O)n1CC(=O)NCCON=C(N)N. The van der Waals surface area contributed by atoms with Crippen molar-refractivity contribution in [1.29, 1.82) is 0 Å². The monoisotopic (exact) mass is 567 g/mol. The normalized spacial score (nSPS) is 11.5. The summed E-state index contributed by atoms with van der Waals surface area (Å²) in [5, 5.41) is 8.07. The third-order valence-corrected chi connectivity index (χ3v) is 4.74. The maximum Gasteiger partial charge on any atom is 0.491 e. The number of nitrogens with two attached hydrogens (primary N) is 2. The lowest BCUT2D eigenvalue weighted by Gasteiger charge is -2.16. The van der Waals surface area contributed by atoms with Gasteiger partial charge in [-0.25, -0.2) is 4.79 Å². The second kappa shape index (κ2) is 12.8. The van der Waals surface area contributed by atoms with Crippen LogP contribution in [0.1, 0.15) is 16.8 Å². The number of amides is 1. The Hall–Kier alpha value is -4.51. The number of esters is 1. The number of guanidine groups is 1. The Bertz CT molecular complexity index is 1270. The highest BCUT2D eigenvalue weighted by atomic mass is 19.4. The number of rotatable bonds is 11. The molecule has 1 aromatic heterocycles. The van der Waals surface area contributed by atoms with Gasteiger partial charge in [0.2, 0.25) is 17.7 Å². The minimum Gasteiger partial charge on any atom is -0.399 e. The summed E-state index contributed by atoms with van der Waals surface area (Å²) in [4.78, 5) is 44.9. The molecule has 39 heavy (non-hydrogen) atoms. The maximum atomic E-state index is 12.9. The zero-order chi connectivity index (χ0) is 29.4. The van der Waals surface area contributed by atoms with E-state index in [2.05, 4.69) is 30.3 Å². The molecule has 0 spiro atoms. The number of carbonyl (C=O) groups is 2. The first-order chi connectivity index (χ1) is 18.1. The van der Waals surface area contributed by atoms with Crippen molar-refractivity contribution in [2.75, 3.05) is 25.0 Å². The summed E-state index contributed by atoms with van der Waals surface area (Å²) < 4.78 is 82.0. The minimum atomic E-state index is -5.39. The van der Waals surface area contributed by atoms with Gasteiger partial charge in [-0.3, -0.25) is 14.2 Å². The molecule has 0 atom stereocenters. The molecule has 0 bridgehead atoms. The smallest absolute Gasteiger partial charge is 0.399 e. The Kier molecular flexibility index (Phi) is 10.1. The van der Waals surface area contributed by atoms with Crippen LogP contribution >= 0.6 is 0 Å². The number of alkyl halides is 6. The molecular weight excluding hydrogens is 544 g/mol. The van der Waals surface area contributed by atoms with E-state index in [9.17, 15) is 40.7 Å². The highest BCUT2D eigenvalue weighted by molar-refractivity contribution is 5.78. The van der Waals surface area contributed by atoms with Crippen molar-refractivity contribution in [1.82, 2.24) is 14.9 Å². The lowest BCUT2D eigenvalue weighted by Crippen LogP contribution is -2.37. The molecule has 0 saturated carbocycles. The molecule has 0 aliphatic heterocycles. The van der Waals surface area contributed by atoms with E-state index in [1.807, 2.05) is 0 Å². The van der Waals surface area contributed by atoms with Crippen LogP contribution in [0.15, 0.2) is 34.2 Å². The van der Waals surface area contributed by atoms with Crippen LogP contribution < -0.4 is 32.4 Å². The Balaban J connectivity index is 2.25. The van der Waals surface area contributed by atoms with Crippen LogP contribution in [0.5, 0.6) is 5.88 Å². The fourth-order valence-electron chi connectivity index (χ4n) is 2.96. The van der Waals surface area contributed by atoms with Gasteiger partial charge in [-0.2, -0.15) is 31.3 Å². The van der Waals surface area contributed by atoms with Gasteiger partial charge in [0, 0.05) is 6.54 Å². The first kappa shape index (κ1) is 30.7. The summed E-state index contributed by atoms with van der Waals surface area (Å²) in [5.74, 6) is -5.31. The van der Waals surface area contributed by atoms with Gasteiger partial charge in [0.05, 0.1) is 17.8 Å². The van der Waals surface area contributed by atoms with Crippen LogP contribution in [-0.4, -0.2) is 53.3 Å². The molecule has 18 heteroatoms. The van der Waals surface area contributed by atoms with Crippen molar-refractivity contribution in [3.05, 3.63) is 51.4 Å². The van der Waals surface area contributed by atoms with Crippen LogP contribution in [0.2, 0.25) is 0 Å². The number of anilines is 1. The van der Waals surface area contributed by atoms with Crippen molar-refractivity contribution < 1.29 is 45.5 Å². The van der Waals surface area contributed by atoms with Gasteiger partial charge in [0.25, 0.3) is 5.56 Å². The molecule has 0 aliphatic carbocycles. The first-order valence-corrected chi connectivity index (χ1v) is 10.9. The number of hydrogen-bond donors (Lipinski definition) is 4. The largest absolute Gasteiger partial charge is 0.491 e. The summed E-state index contributed by atoms with van der Waals surface area (Å²) in [7, 11) is 0. The standard InChI is InChI=1S/C21H23F6N7O5/c1-11-16(39-18(37)21(25,26)27)32-15(31-6-5-12-3-2-4-13(9-12)20(22,23)24)17(36)34(11)10-14(35)30-7-8-38-33-19(28)29/h2-4,9H,5-8,10H2,1H3,(H,30,35)(H,31,32)(H4,28,29,33). The van der Waals surface area contributed by atoms with Crippen molar-refractivity contribution in [3.8, 4) is 5.88 Å². The maximum absolute atomic E-state index is 12.9. The predicted molar refractivity (Wildman–Crippen MR) is 123 cm³/mol. The fourth-order valence-corrected chi connectivity index (χ4v) is 2.96. The molecule has 12 nitrogen and oxygen atoms in total. The number of halogens is 6. The van der Waals surface area contributed by atoms with Gasteiger partial charge in [-0.1, -0.05) is 18.2 Å². The molecule has 214 valence electrons. The third-order valence-electron chi connectivity index (χ3n) is 4.74. The third kappa shape index (κ3) is 9.38. The van der Waals surface area contributed by atoms with Crippen LogP contribution in [-0.2, 0) is 33.6 Å². The van der Waals surface area contributed by atoms with E-state index in [0.717, 1.165) is 19.1 Å². The first-order valence-electron chi connectivity index (χ1n) is 10.9. The molecule has 0 radical (unpaired) electrons. The van der Waals surface area contributed by atoms with E-state index >= 15 is 0 Å². The number of aromatic nitrogens is 2. The lowest BCUT2D eigenvalue weighted by molar-refractivity contribution is -0.190. The van der Waals surface area contributed by atoms with Crippen molar-refractivity contribution >= 4 is 23.7 Å². The summed E-state index contributed by atoms with van der Waals surface area (Å²) in [6.07, 6.45) is -10.0. The van der Waals surface area contributed by atoms with Gasteiger partial charge in [0.15, 0.2) is 5.82 Å². The number of benzene rings is 1. The van der Waals surface area contributed by atoms with Gasteiger partial charge >= 0.3 is 18.3 Å². The molecule has 6 N–H and O–H groups in total. The van der Waals surface area contributed by atoms with E-state index in [-0.39, 0.29) is 43.3 Å². The minimum absolute atomic E-state index is 0.0487. The number of hydrogen-bond acceptors (Lipinski definition) is 8.